The molecule has 0 saturated heterocycles. The van der Waals surface area contributed by atoms with Gasteiger partial charge in [0, 0.05) is 24.3 Å². The van der Waals surface area contributed by atoms with E-state index >= 15 is 0 Å². The second kappa shape index (κ2) is 5.16. The normalized spacial score (nSPS) is 12.8. The summed E-state index contributed by atoms with van der Waals surface area (Å²) in [5, 5.41) is 2.11. The number of imide groups is 1. The van der Waals surface area contributed by atoms with Crippen molar-refractivity contribution in [2.75, 3.05) is 20.0 Å². The van der Waals surface area contributed by atoms with Gasteiger partial charge >= 0.3 is 0 Å². The minimum atomic E-state index is -0.635. The molecule has 0 radical (unpaired) electrons. The largest absolute Gasteiger partial charge is 0.497 e. The Morgan fingerprint density at radius 1 is 0.957 bits per heavy atom. The lowest BCUT2D eigenvalue weighted by Crippen LogP contribution is -2.24. The smallest absolute Gasteiger partial charge is 0.262 e. The number of carbonyl (C=O) groups is 2. The standard InChI is InChI=1S/C15H13N3O5/c1-22-8-3-7(4-9(5-8)23-2)18-11(19)6-10-12(13(18)16)15(21)17-14(10)20/h3-6H,16H2,1-2H3,(H,17,20,21). The fourth-order valence-electron chi connectivity index (χ4n) is 2.47. The highest BCUT2D eigenvalue weighted by Gasteiger charge is 2.31. The van der Waals surface area contributed by atoms with E-state index in [1.165, 1.54) is 14.2 Å². The summed E-state index contributed by atoms with van der Waals surface area (Å²) in [5.74, 6) is -0.486. The monoisotopic (exact) mass is 315 g/mol. The highest BCUT2D eigenvalue weighted by molar-refractivity contribution is 6.23. The Bertz CT molecular complexity index is 878. The van der Waals surface area contributed by atoms with Crippen LogP contribution < -0.4 is 26.1 Å². The zero-order valence-corrected chi connectivity index (χ0v) is 12.4. The fourth-order valence-corrected chi connectivity index (χ4v) is 2.47. The van der Waals surface area contributed by atoms with E-state index < -0.39 is 17.4 Å². The van der Waals surface area contributed by atoms with Gasteiger partial charge in [-0.1, -0.05) is 0 Å². The van der Waals surface area contributed by atoms with Crippen LogP contribution in [0.5, 0.6) is 11.5 Å². The number of hydrogen-bond donors (Lipinski definition) is 2. The Hall–Kier alpha value is -3.29. The van der Waals surface area contributed by atoms with Crippen LogP contribution in [-0.4, -0.2) is 30.6 Å². The summed E-state index contributed by atoms with van der Waals surface area (Å²) < 4.78 is 11.4. The first kappa shape index (κ1) is 14.6. The van der Waals surface area contributed by atoms with E-state index in [1.807, 2.05) is 0 Å². The quantitative estimate of drug-likeness (QED) is 0.789. The van der Waals surface area contributed by atoms with Crippen LogP contribution in [0.1, 0.15) is 20.7 Å². The Morgan fingerprint density at radius 3 is 2.13 bits per heavy atom. The van der Waals surface area contributed by atoms with Crippen molar-refractivity contribution < 1.29 is 19.1 Å². The van der Waals surface area contributed by atoms with Crippen LogP contribution in [0.4, 0.5) is 5.82 Å². The molecule has 0 spiro atoms. The maximum atomic E-state index is 12.4. The third-order valence-corrected chi connectivity index (χ3v) is 3.55. The van der Waals surface area contributed by atoms with Crippen molar-refractivity contribution in [1.29, 1.82) is 0 Å². The first-order valence-electron chi connectivity index (χ1n) is 6.61. The molecule has 8 heteroatoms. The number of nitrogens with zero attached hydrogens (tertiary/aromatic N) is 1. The van der Waals surface area contributed by atoms with Crippen molar-refractivity contribution in [3.63, 3.8) is 0 Å². The van der Waals surface area contributed by atoms with E-state index in [0.717, 1.165) is 10.6 Å². The zero-order chi connectivity index (χ0) is 16.7. The first-order chi connectivity index (χ1) is 11.0. The maximum Gasteiger partial charge on any atom is 0.262 e. The number of nitrogens with two attached hydrogens (primary N) is 1. The number of benzene rings is 1. The second-order valence-corrected chi connectivity index (χ2v) is 4.85. The number of ether oxygens (including phenoxy) is 2. The van der Waals surface area contributed by atoms with Gasteiger partial charge in [0.1, 0.15) is 17.3 Å². The summed E-state index contributed by atoms with van der Waals surface area (Å²) >= 11 is 0. The predicted octanol–water partition coefficient (Wildman–Crippen LogP) is 0.320. The lowest BCUT2D eigenvalue weighted by Gasteiger charge is -2.14. The van der Waals surface area contributed by atoms with Crippen LogP contribution in [0.25, 0.3) is 5.69 Å². The molecule has 0 aliphatic carbocycles. The van der Waals surface area contributed by atoms with Gasteiger partial charge in [0.05, 0.1) is 31.0 Å². The Kier molecular flexibility index (Phi) is 3.29. The first-order valence-corrected chi connectivity index (χ1v) is 6.61. The third-order valence-electron chi connectivity index (χ3n) is 3.55. The topological polar surface area (TPSA) is 113 Å². The maximum absolute atomic E-state index is 12.4. The molecular formula is C15H13N3O5. The molecule has 8 nitrogen and oxygen atoms in total. The fraction of sp³-hybridized carbons (Fsp3) is 0.133. The molecule has 0 atom stereocenters. The van der Waals surface area contributed by atoms with Crippen LogP contribution >= 0.6 is 0 Å². The van der Waals surface area contributed by atoms with Gasteiger partial charge in [0.2, 0.25) is 0 Å². The van der Waals surface area contributed by atoms with E-state index in [2.05, 4.69) is 5.32 Å². The summed E-state index contributed by atoms with van der Waals surface area (Å²) in [6, 6.07) is 5.86. The minimum Gasteiger partial charge on any atom is -0.497 e. The van der Waals surface area contributed by atoms with Crippen molar-refractivity contribution in [2.45, 2.75) is 0 Å². The number of aromatic nitrogens is 1. The SMILES string of the molecule is COc1cc(OC)cc(-n2c(N)c3c(cc2=O)C(=O)NC3=O)c1. The van der Waals surface area contributed by atoms with Gasteiger partial charge in [-0.3, -0.25) is 24.3 Å². The van der Waals surface area contributed by atoms with Crippen molar-refractivity contribution in [3.05, 3.63) is 45.7 Å². The molecule has 1 aliphatic heterocycles. The highest BCUT2D eigenvalue weighted by atomic mass is 16.5. The van der Waals surface area contributed by atoms with Crippen LogP contribution in [-0.2, 0) is 0 Å². The average molecular weight is 315 g/mol. The lowest BCUT2D eigenvalue weighted by atomic mass is 10.1. The van der Waals surface area contributed by atoms with Gasteiger partial charge in [0.25, 0.3) is 17.4 Å². The summed E-state index contributed by atoms with van der Waals surface area (Å²) in [6.07, 6.45) is 0. The number of fused-ring (bicyclic) bond motifs is 1. The van der Waals surface area contributed by atoms with Gasteiger partial charge in [-0.25, -0.2) is 0 Å². The number of carbonyl (C=O) groups excluding carboxylic acids is 2. The molecule has 1 aromatic heterocycles. The number of hydrogen-bond acceptors (Lipinski definition) is 6. The van der Waals surface area contributed by atoms with Gasteiger partial charge in [-0.15, -0.1) is 0 Å². The Balaban J connectivity index is 2.30. The van der Waals surface area contributed by atoms with Crippen LogP contribution in [0, 0.1) is 0 Å². The molecule has 2 heterocycles. The van der Waals surface area contributed by atoms with Crippen molar-refractivity contribution in [2.24, 2.45) is 0 Å². The highest BCUT2D eigenvalue weighted by Crippen LogP contribution is 2.28. The molecule has 3 N–H and O–H groups in total. The molecular weight excluding hydrogens is 302 g/mol. The van der Waals surface area contributed by atoms with E-state index in [9.17, 15) is 14.4 Å². The number of rotatable bonds is 3. The van der Waals surface area contributed by atoms with Crippen LogP contribution in [0.2, 0.25) is 0 Å². The van der Waals surface area contributed by atoms with Crippen molar-refractivity contribution in [3.8, 4) is 17.2 Å². The van der Waals surface area contributed by atoms with Gasteiger partial charge < -0.3 is 15.2 Å². The Morgan fingerprint density at radius 2 is 1.57 bits per heavy atom. The number of anilines is 1. The van der Waals surface area contributed by atoms with E-state index in [-0.39, 0.29) is 16.9 Å². The molecule has 2 aromatic rings. The molecule has 118 valence electrons. The summed E-state index contributed by atoms with van der Waals surface area (Å²) in [7, 11) is 2.94. The van der Waals surface area contributed by atoms with Crippen LogP contribution in [0.15, 0.2) is 29.1 Å². The molecule has 1 aliphatic rings. The zero-order valence-electron chi connectivity index (χ0n) is 12.4. The van der Waals surface area contributed by atoms with Gasteiger partial charge in [-0.05, 0) is 0 Å². The van der Waals surface area contributed by atoms with E-state index in [1.54, 1.807) is 18.2 Å². The molecule has 0 saturated carbocycles. The average Bonchev–Trinajstić information content (AvgIpc) is 2.81. The molecule has 0 bridgehead atoms. The van der Waals surface area contributed by atoms with E-state index in [0.29, 0.717) is 17.2 Å². The molecule has 0 unspecified atom stereocenters. The summed E-state index contributed by atoms with van der Waals surface area (Å²) in [6.45, 7) is 0. The molecule has 0 fully saturated rings. The molecule has 1 aromatic carbocycles. The van der Waals surface area contributed by atoms with Gasteiger partial charge in [-0.2, -0.15) is 0 Å². The second-order valence-electron chi connectivity index (χ2n) is 4.85. The summed E-state index contributed by atoms with van der Waals surface area (Å²) in [5.41, 5.74) is 5.75. The predicted molar refractivity (Wildman–Crippen MR) is 81.4 cm³/mol. The van der Waals surface area contributed by atoms with Gasteiger partial charge in [0.15, 0.2) is 0 Å². The number of pyridine rings is 1. The molecule has 3 rings (SSSR count). The molecule has 23 heavy (non-hydrogen) atoms. The Labute approximate surface area is 130 Å². The number of nitrogen functional groups attached to an aromatic ring is 1. The summed E-state index contributed by atoms with van der Waals surface area (Å²) in [4.78, 5) is 35.9. The van der Waals surface area contributed by atoms with Crippen molar-refractivity contribution >= 4 is 17.6 Å². The molecule has 2 amide bonds. The number of methoxy groups -OCH3 is 2. The lowest BCUT2D eigenvalue weighted by molar-refractivity contribution is 0.0880. The number of amides is 2. The van der Waals surface area contributed by atoms with Crippen molar-refractivity contribution in [1.82, 2.24) is 9.88 Å². The number of nitrogens with one attached hydrogen (secondary N) is 1. The van der Waals surface area contributed by atoms with Crippen LogP contribution in [0.3, 0.4) is 0 Å². The van der Waals surface area contributed by atoms with E-state index in [4.69, 9.17) is 15.2 Å². The minimum absolute atomic E-state index is 0.0172. The third kappa shape index (κ3) is 2.20.